The summed E-state index contributed by atoms with van der Waals surface area (Å²) in [6.07, 6.45) is -0.251. The van der Waals surface area contributed by atoms with Crippen molar-refractivity contribution in [3.63, 3.8) is 0 Å². The third-order valence-corrected chi connectivity index (χ3v) is 4.19. The fraction of sp³-hybridized carbons (Fsp3) is 0.222. The highest BCUT2D eigenvalue weighted by Crippen LogP contribution is 2.25. The van der Waals surface area contributed by atoms with Gasteiger partial charge < -0.3 is 10.1 Å². The number of carbonyl (C=O) groups is 2. The van der Waals surface area contributed by atoms with Crippen molar-refractivity contribution < 1.29 is 23.6 Å². The number of carbonyl (C=O) groups excluding carboxylic acids is 2. The average Bonchev–Trinajstić information content (AvgIpc) is 2.62. The number of ether oxygens (including phenoxy) is 1. The highest BCUT2D eigenvalue weighted by Gasteiger charge is 2.24. The van der Waals surface area contributed by atoms with Crippen molar-refractivity contribution in [2.75, 3.05) is 6.61 Å². The number of nitro benzene ring substituents is 1. The van der Waals surface area contributed by atoms with Gasteiger partial charge in [0.1, 0.15) is 0 Å². The molecule has 2 rings (SSSR count). The molecule has 0 aromatic heterocycles. The lowest BCUT2D eigenvalue weighted by molar-refractivity contribution is -0.387. The molecule has 27 heavy (non-hydrogen) atoms. The van der Waals surface area contributed by atoms with E-state index in [1.165, 1.54) is 6.07 Å². The fourth-order valence-electron chi connectivity index (χ4n) is 2.37. The largest absolute Gasteiger partial charge is 0.466 e. The van der Waals surface area contributed by atoms with Gasteiger partial charge in [-0.2, -0.15) is 4.39 Å². The Bertz CT molecular complexity index is 857. The molecule has 2 aromatic carbocycles. The van der Waals surface area contributed by atoms with Gasteiger partial charge in [-0.05, 0) is 42.8 Å². The number of nitrogens with zero attached hydrogens (tertiary/aromatic N) is 1. The van der Waals surface area contributed by atoms with Crippen LogP contribution in [0.1, 0.15) is 35.3 Å². The zero-order valence-electron chi connectivity index (χ0n) is 14.3. The third-order valence-electron chi connectivity index (χ3n) is 3.66. The lowest BCUT2D eigenvalue weighted by atomic mass is 10.0. The Balaban J connectivity index is 2.32. The van der Waals surface area contributed by atoms with Crippen molar-refractivity contribution in [1.82, 2.24) is 5.32 Å². The van der Waals surface area contributed by atoms with Crippen LogP contribution in [0.2, 0.25) is 0 Å². The van der Waals surface area contributed by atoms with Crippen LogP contribution in [0, 0.1) is 15.9 Å². The van der Waals surface area contributed by atoms with Gasteiger partial charge in [0.05, 0.1) is 24.0 Å². The predicted octanol–water partition coefficient (Wildman–Crippen LogP) is 3.92. The Morgan fingerprint density at radius 2 is 1.93 bits per heavy atom. The molecule has 1 N–H and O–H groups in total. The molecule has 0 aliphatic heterocycles. The topological polar surface area (TPSA) is 98.5 Å². The molecular weight excluding hydrogens is 423 g/mol. The van der Waals surface area contributed by atoms with E-state index < -0.39 is 34.3 Å². The minimum absolute atomic E-state index is 0.149. The maximum atomic E-state index is 13.6. The van der Waals surface area contributed by atoms with Crippen LogP contribution in [-0.4, -0.2) is 23.4 Å². The predicted molar refractivity (Wildman–Crippen MR) is 98.7 cm³/mol. The van der Waals surface area contributed by atoms with Crippen molar-refractivity contribution >= 4 is 33.5 Å². The highest BCUT2D eigenvalue weighted by molar-refractivity contribution is 9.10. The quantitative estimate of drug-likeness (QED) is 0.401. The molecule has 0 saturated carbocycles. The van der Waals surface area contributed by atoms with E-state index in [2.05, 4.69) is 21.2 Å². The number of amides is 1. The third kappa shape index (κ3) is 5.58. The summed E-state index contributed by atoms with van der Waals surface area (Å²) in [5.74, 6) is -2.08. The standard InChI is InChI=1S/C18H16BrFN2O5/c1-2-27-17(23)10-15(12-5-8-14(20)16(9-12)22(25)26)21-18(24)11-3-6-13(19)7-4-11/h3-9,15H,2,10H2,1H3,(H,21,24). The molecule has 2 aromatic rings. The smallest absolute Gasteiger partial charge is 0.308 e. The van der Waals surface area contributed by atoms with Crippen LogP contribution < -0.4 is 5.32 Å². The first-order chi connectivity index (χ1) is 12.8. The molecule has 9 heteroatoms. The number of halogens is 2. The SMILES string of the molecule is CCOC(=O)CC(NC(=O)c1ccc(Br)cc1)c1ccc(F)c([N+](=O)[O-])c1. The maximum Gasteiger partial charge on any atom is 0.308 e. The van der Waals surface area contributed by atoms with E-state index >= 15 is 0 Å². The second kappa shape index (κ2) is 9.22. The molecule has 0 heterocycles. The zero-order valence-corrected chi connectivity index (χ0v) is 15.9. The number of esters is 1. The summed E-state index contributed by atoms with van der Waals surface area (Å²) in [6.45, 7) is 1.78. The van der Waals surface area contributed by atoms with Crippen LogP contribution in [0.5, 0.6) is 0 Å². The Labute approximate surface area is 162 Å². The summed E-state index contributed by atoms with van der Waals surface area (Å²) < 4.78 is 19.3. The number of nitro groups is 1. The number of benzene rings is 2. The molecule has 1 unspecified atom stereocenters. The molecule has 7 nitrogen and oxygen atoms in total. The summed E-state index contributed by atoms with van der Waals surface area (Å²) in [5.41, 5.74) is -0.176. The van der Waals surface area contributed by atoms with Crippen molar-refractivity contribution in [1.29, 1.82) is 0 Å². The van der Waals surface area contributed by atoms with Gasteiger partial charge in [0.15, 0.2) is 0 Å². The van der Waals surface area contributed by atoms with E-state index in [-0.39, 0.29) is 18.6 Å². The van der Waals surface area contributed by atoms with Crippen molar-refractivity contribution in [2.45, 2.75) is 19.4 Å². The Morgan fingerprint density at radius 1 is 1.26 bits per heavy atom. The molecule has 0 spiro atoms. The molecule has 0 radical (unpaired) electrons. The lowest BCUT2D eigenvalue weighted by Gasteiger charge is -2.18. The second-order valence-corrected chi connectivity index (χ2v) is 6.43. The van der Waals surface area contributed by atoms with Crippen LogP contribution in [0.15, 0.2) is 46.9 Å². The normalized spacial score (nSPS) is 11.5. The fourth-order valence-corrected chi connectivity index (χ4v) is 2.63. The summed E-state index contributed by atoms with van der Waals surface area (Å²) >= 11 is 3.27. The summed E-state index contributed by atoms with van der Waals surface area (Å²) in [4.78, 5) is 34.5. The van der Waals surface area contributed by atoms with Crippen LogP contribution in [0.3, 0.4) is 0 Å². The summed E-state index contributed by atoms with van der Waals surface area (Å²) in [6, 6.07) is 8.81. The average molecular weight is 439 g/mol. The van der Waals surface area contributed by atoms with Crippen LogP contribution in [0.25, 0.3) is 0 Å². The molecule has 0 fully saturated rings. The summed E-state index contributed by atoms with van der Waals surface area (Å²) in [5, 5.41) is 13.6. The van der Waals surface area contributed by atoms with Gasteiger partial charge in [-0.3, -0.25) is 19.7 Å². The first-order valence-electron chi connectivity index (χ1n) is 7.97. The Kier molecular flexibility index (Phi) is 7.00. The number of hydrogen-bond donors (Lipinski definition) is 1. The number of hydrogen-bond acceptors (Lipinski definition) is 5. The molecule has 0 aliphatic carbocycles. The highest BCUT2D eigenvalue weighted by atomic mass is 79.9. The molecule has 142 valence electrons. The second-order valence-electron chi connectivity index (χ2n) is 5.51. The molecule has 0 saturated heterocycles. The number of nitrogens with one attached hydrogen (secondary N) is 1. The van der Waals surface area contributed by atoms with Gasteiger partial charge in [0, 0.05) is 16.1 Å². The van der Waals surface area contributed by atoms with Crippen LogP contribution in [0.4, 0.5) is 10.1 Å². The maximum absolute atomic E-state index is 13.6. The molecular formula is C18H16BrFN2O5. The first kappa shape index (κ1) is 20.5. The number of rotatable bonds is 7. The van der Waals surface area contributed by atoms with E-state index in [1.54, 1.807) is 31.2 Å². The van der Waals surface area contributed by atoms with Gasteiger partial charge in [-0.15, -0.1) is 0 Å². The lowest BCUT2D eigenvalue weighted by Crippen LogP contribution is -2.30. The first-order valence-corrected chi connectivity index (χ1v) is 8.77. The van der Waals surface area contributed by atoms with E-state index in [1.807, 2.05) is 0 Å². The van der Waals surface area contributed by atoms with E-state index in [0.29, 0.717) is 5.56 Å². The van der Waals surface area contributed by atoms with E-state index in [9.17, 15) is 24.1 Å². The van der Waals surface area contributed by atoms with Gasteiger partial charge in [-0.1, -0.05) is 22.0 Å². The van der Waals surface area contributed by atoms with Gasteiger partial charge in [0.2, 0.25) is 5.82 Å². The van der Waals surface area contributed by atoms with Crippen LogP contribution in [-0.2, 0) is 9.53 Å². The molecule has 1 amide bonds. The van der Waals surface area contributed by atoms with E-state index in [4.69, 9.17) is 4.74 Å². The van der Waals surface area contributed by atoms with Gasteiger partial charge in [-0.25, -0.2) is 0 Å². The Morgan fingerprint density at radius 3 is 2.52 bits per heavy atom. The van der Waals surface area contributed by atoms with Crippen molar-refractivity contribution in [2.24, 2.45) is 0 Å². The van der Waals surface area contributed by atoms with Crippen LogP contribution >= 0.6 is 15.9 Å². The van der Waals surface area contributed by atoms with E-state index in [0.717, 1.165) is 16.6 Å². The molecule has 0 aliphatic rings. The monoisotopic (exact) mass is 438 g/mol. The molecule has 1 atom stereocenters. The van der Waals surface area contributed by atoms with Gasteiger partial charge >= 0.3 is 11.7 Å². The minimum Gasteiger partial charge on any atom is -0.466 e. The summed E-state index contributed by atoms with van der Waals surface area (Å²) in [7, 11) is 0. The van der Waals surface area contributed by atoms with Gasteiger partial charge in [0.25, 0.3) is 5.91 Å². The van der Waals surface area contributed by atoms with Crippen molar-refractivity contribution in [3.05, 3.63) is 74.0 Å². The van der Waals surface area contributed by atoms with Crippen molar-refractivity contribution in [3.8, 4) is 0 Å². The molecule has 0 bridgehead atoms. The minimum atomic E-state index is -1.00. The Hall–Kier alpha value is -2.81. The zero-order chi connectivity index (χ0) is 20.0.